The number of hydrogen-bond donors (Lipinski definition) is 0. The van der Waals surface area contributed by atoms with Crippen molar-refractivity contribution >= 4 is 5.78 Å². The van der Waals surface area contributed by atoms with Gasteiger partial charge in [0.25, 0.3) is 0 Å². The molecule has 0 N–H and O–H groups in total. The van der Waals surface area contributed by atoms with E-state index in [1.54, 1.807) is 6.07 Å². The summed E-state index contributed by atoms with van der Waals surface area (Å²) >= 11 is 0. The summed E-state index contributed by atoms with van der Waals surface area (Å²) < 4.78 is 13.1. The first kappa shape index (κ1) is 12.0. The number of ketones is 1. The van der Waals surface area contributed by atoms with Crippen molar-refractivity contribution in [2.45, 2.75) is 6.42 Å². The van der Waals surface area contributed by atoms with Crippen molar-refractivity contribution in [3.63, 3.8) is 0 Å². The molecule has 0 unspecified atom stereocenters. The van der Waals surface area contributed by atoms with Gasteiger partial charge in [0, 0.05) is 12.0 Å². The van der Waals surface area contributed by atoms with Gasteiger partial charge in [-0.2, -0.15) is 5.26 Å². The molecule has 3 heteroatoms. The maximum atomic E-state index is 13.1. The second-order valence-corrected chi connectivity index (χ2v) is 3.89. The van der Waals surface area contributed by atoms with Gasteiger partial charge in [-0.3, -0.25) is 4.79 Å². The molecule has 0 spiro atoms. The summed E-state index contributed by atoms with van der Waals surface area (Å²) in [6.07, 6.45) is 0.247. The molecule has 0 saturated carbocycles. The molecule has 0 bridgehead atoms. The molecule has 0 fully saturated rings. The molecule has 0 atom stereocenters. The lowest BCUT2D eigenvalue weighted by atomic mass is 10.0. The fourth-order valence-corrected chi connectivity index (χ4v) is 1.67. The first-order valence-electron chi connectivity index (χ1n) is 5.47. The third kappa shape index (κ3) is 2.61. The second-order valence-electron chi connectivity index (χ2n) is 3.89. The molecule has 0 heterocycles. The van der Waals surface area contributed by atoms with Crippen LogP contribution in [0.5, 0.6) is 0 Å². The van der Waals surface area contributed by atoms with E-state index in [1.165, 1.54) is 12.1 Å². The first-order valence-corrected chi connectivity index (χ1v) is 5.47. The van der Waals surface area contributed by atoms with Gasteiger partial charge in [-0.15, -0.1) is 0 Å². The SMILES string of the molecule is N#Cc1cc(C(=O)Cc2ccccc2)ccc1F. The topological polar surface area (TPSA) is 40.9 Å². The van der Waals surface area contributed by atoms with Crippen molar-refractivity contribution in [3.8, 4) is 6.07 Å². The van der Waals surface area contributed by atoms with E-state index in [2.05, 4.69) is 0 Å². The Labute approximate surface area is 104 Å². The highest BCUT2D eigenvalue weighted by Crippen LogP contribution is 2.12. The van der Waals surface area contributed by atoms with Gasteiger partial charge in [-0.05, 0) is 23.8 Å². The van der Waals surface area contributed by atoms with E-state index in [4.69, 9.17) is 5.26 Å². The molecule has 2 nitrogen and oxygen atoms in total. The Balaban J connectivity index is 2.22. The summed E-state index contributed by atoms with van der Waals surface area (Å²) in [6, 6.07) is 14.9. The number of nitriles is 1. The predicted molar refractivity (Wildman–Crippen MR) is 65.6 cm³/mol. The lowest BCUT2D eigenvalue weighted by Gasteiger charge is -2.02. The summed E-state index contributed by atoms with van der Waals surface area (Å²) in [7, 11) is 0. The van der Waals surface area contributed by atoms with E-state index in [-0.39, 0.29) is 17.8 Å². The Bertz CT molecular complexity index is 614. The summed E-state index contributed by atoms with van der Waals surface area (Å²) in [5, 5.41) is 8.71. The van der Waals surface area contributed by atoms with E-state index < -0.39 is 5.82 Å². The number of rotatable bonds is 3. The van der Waals surface area contributed by atoms with Crippen LogP contribution in [0.15, 0.2) is 48.5 Å². The van der Waals surface area contributed by atoms with Crippen LogP contribution in [0.3, 0.4) is 0 Å². The lowest BCUT2D eigenvalue weighted by Crippen LogP contribution is -2.04. The molecule has 0 aliphatic carbocycles. The third-order valence-electron chi connectivity index (χ3n) is 2.62. The Morgan fingerprint density at radius 1 is 1.17 bits per heavy atom. The van der Waals surface area contributed by atoms with E-state index in [0.29, 0.717) is 5.56 Å². The van der Waals surface area contributed by atoms with Gasteiger partial charge in [0.2, 0.25) is 0 Å². The van der Waals surface area contributed by atoms with Crippen LogP contribution in [-0.2, 0) is 6.42 Å². The number of hydrogen-bond acceptors (Lipinski definition) is 2. The highest BCUT2D eigenvalue weighted by Gasteiger charge is 2.10. The summed E-state index contributed by atoms with van der Waals surface area (Å²) in [6.45, 7) is 0. The van der Waals surface area contributed by atoms with Crippen molar-refractivity contribution in [1.82, 2.24) is 0 Å². The minimum Gasteiger partial charge on any atom is -0.294 e. The average Bonchev–Trinajstić information content (AvgIpc) is 2.40. The monoisotopic (exact) mass is 239 g/mol. The molecule has 0 saturated heterocycles. The Morgan fingerprint density at radius 2 is 1.89 bits per heavy atom. The minimum atomic E-state index is -0.603. The molecule has 88 valence electrons. The molecule has 0 aliphatic rings. The van der Waals surface area contributed by atoms with Crippen molar-refractivity contribution < 1.29 is 9.18 Å². The highest BCUT2D eigenvalue weighted by atomic mass is 19.1. The molecule has 0 radical (unpaired) electrons. The zero-order valence-corrected chi connectivity index (χ0v) is 9.56. The fourth-order valence-electron chi connectivity index (χ4n) is 1.67. The Morgan fingerprint density at radius 3 is 2.56 bits per heavy atom. The maximum Gasteiger partial charge on any atom is 0.167 e. The molecular formula is C15H10FNO. The van der Waals surface area contributed by atoms with Gasteiger partial charge >= 0.3 is 0 Å². The van der Waals surface area contributed by atoms with Crippen LogP contribution in [0.25, 0.3) is 0 Å². The van der Waals surface area contributed by atoms with E-state index >= 15 is 0 Å². The minimum absolute atomic E-state index is 0.103. The highest BCUT2D eigenvalue weighted by molar-refractivity contribution is 5.97. The molecule has 2 aromatic carbocycles. The average molecular weight is 239 g/mol. The van der Waals surface area contributed by atoms with Gasteiger partial charge in [0.15, 0.2) is 5.78 Å². The number of nitrogens with zero attached hydrogens (tertiary/aromatic N) is 1. The molecular weight excluding hydrogens is 229 g/mol. The number of halogens is 1. The van der Waals surface area contributed by atoms with Crippen LogP contribution < -0.4 is 0 Å². The Hall–Kier alpha value is -2.47. The van der Waals surface area contributed by atoms with Gasteiger partial charge in [-0.1, -0.05) is 30.3 Å². The van der Waals surface area contributed by atoms with Crippen LogP contribution in [-0.4, -0.2) is 5.78 Å². The van der Waals surface area contributed by atoms with E-state index in [9.17, 15) is 9.18 Å². The van der Waals surface area contributed by atoms with Crippen LogP contribution in [0.4, 0.5) is 4.39 Å². The number of carbonyl (C=O) groups is 1. The van der Waals surface area contributed by atoms with Gasteiger partial charge < -0.3 is 0 Å². The molecule has 2 rings (SSSR count). The van der Waals surface area contributed by atoms with Crippen molar-refractivity contribution in [2.75, 3.05) is 0 Å². The smallest absolute Gasteiger partial charge is 0.167 e. The van der Waals surface area contributed by atoms with Crippen LogP contribution in [0.1, 0.15) is 21.5 Å². The molecule has 2 aromatic rings. The van der Waals surface area contributed by atoms with Gasteiger partial charge in [-0.25, -0.2) is 4.39 Å². The molecule has 18 heavy (non-hydrogen) atoms. The second kappa shape index (κ2) is 5.24. The summed E-state index contributed by atoms with van der Waals surface area (Å²) in [4.78, 5) is 12.0. The first-order chi connectivity index (χ1) is 8.70. The lowest BCUT2D eigenvalue weighted by molar-refractivity contribution is 0.0993. The zero-order chi connectivity index (χ0) is 13.0. The van der Waals surface area contributed by atoms with Crippen LogP contribution >= 0.6 is 0 Å². The number of Topliss-reactive ketones (excluding diaryl/α,β-unsaturated/α-hetero) is 1. The summed E-state index contributed by atoms with van der Waals surface area (Å²) in [5.41, 5.74) is 1.15. The van der Waals surface area contributed by atoms with Gasteiger partial charge in [0.1, 0.15) is 11.9 Å². The fraction of sp³-hybridized carbons (Fsp3) is 0.0667. The predicted octanol–water partition coefficient (Wildman–Crippen LogP) is 3.12. The van der Waals surface area contributed by atoms with Crippen LogP contribution in [0.2, 0.25) is 0 Å². The van der Waals surface area contributed by atoms with Gasteiger partial charge in [0.05, 0.1) is 5.56 Å². The third-order valence-corrected chi connectivity index (χ3v) is 2.62. The summed E-state index contributed by atoms with van der Waals surface area (Å²) in [5.74, 6) is -0.730. The van der Waals surface area contributed by atoms with E-state index in [0.717, 1.165) is 11.6 Å². The largest absolute Gasteiger partial charge is 0.294 e. The molecule has 0 amide bonds. The maximum absolute atomic E-state index is 13.1. The van der Waals surface area contributed by atoms with Crippen molar-refractivity contribution in [1.29, 1.82) is 5.26 Å². The Kier molecular flexibility index (Phi) is 3.49. The van der Waals surface area contributed by atoms with Crippen molar-refractivity contribution in [3.05, 3.63) is 71.0 Å². The molecule has 0 aliphatic heterocycles. The van der Waals surface area contributed by atoms with E-state index in [1.807, 2.05) is 30.3 Å². The molecule has 0 aromatic heterocycles. The number of benzene rings is 2. The van der Waals surface area contributed by atoms with Crippen molar-refractivity contribution in [2.24, 2.45) is 0 Å². The standard InChI is InChI=1S/C15H10FNO/c16-14-7-6-12(9-13(14)10-17)15(18)8-11-4-2-1-3-5-11/h1-7,9H,8H2. The quantitative estimate of drug-likeness (QED) is 0.772. The number of carbonyl (C=O) groups excluding carboxylic acids is 1. The normalized spacial score (nSPS) is 9.78. The van der Waals surface area contributed by atoms with Crippen LogP contribution in [0, 0.1) is 17.1 Å². The zero-order valence-electron chi connectivity index (χ0n) is 9.56.